The van der Waals surface area contributed by atoms with E-state index in [1.54, 1.807) is 24.0 Å². The summed E-state index contributed by atoms with van der Waals surface area (Å²) in [5.41, 5.74) is 2.11. The summed E-state index contributed by atoms with van der Waals surface area (Å²) in [6.45, 7) is 3.07. The number of hydrogen-bond acceptors (Lipinski definition) is 8. The monoisotopic (exact) mass is 419 g/mol. The number of rotatable bonds is 3. The predicted octanol–water partition coefficient (Wildman–Crippen LogP) is 3.13. The minimum absolute atomic E-state index is 0.0576. The number of halogens is 3. The lowest BCUT2D eigenvalue weighted by Gasteiger charge is -2.49. The molecule has 5 heterocycles. The molecule has 29 heavy (non-hydrogen) atoms. The first-order valence-corrected chi connectivity index (χ1v) is 9.92. The van der Waals surface area contributed by atoms with Crippen molar-refractivity contribution in [1.82, 2.24) is 25.1 Å². The van der Waals surface area contributed by atoms with Crippen LogP contribution in [0.5, 0.6) is 0 Å². The fourth-order valence-electron chi connectivity index (χ4n) is 4.00. The molecule has 0 saturated carbocycles. The molecule has 0 aliphatic carbocycles. The predicted molar refractivity (Wildman–Crippen MR) is 102 cm³/mol. The highest BCUT2D eigenvalue weighted by Crippen LogP contribution is 2.43. The molecule has 150 valence electrons. The molecule has 2 aliphatic rings. The maximum Gasteiger partial charge on any atom is 0.433 e. The van der Waals surface area contributed by atoms with Crippen LogP contribution in [0.15, 0.2) is 36.2 Å². The van der Waals surface area contributed by atoms with E-state index in [4.69, 9.17) is 0 Å². The average molecular weight is 419 g/mol. The van der Waals surface area contributed by atoms with E-state index in [2.05, 4.69) is 30.0 Å². The Bertz CT molecular complexity index is 1020. The van der Waals surface area contributed by atoms with E-state index in [0.29, 0.717) is 24.5 Å². The summed E-state index contributed by atoms with van der Waals surface area (Å²) in [7, 11) is 0. The van der Waals surface area contributed by atoms with Gasteiger partial charge in [0.25, 0.3) is 0 Å². The first-order chi connectivity index (χ1) is 13.9. The SMILES string of the molecule is FC(F)(F)c1cc(N2CC3(CCN(c4cncc(-c5nncs5)n4)C3)C2)ccn1. The normalized spacial score (nSPS) is 18.3. The van der Waals surface area contributed by atoms with Gasteiger partial charge in [0.2, 0.25) is 0 Å². The maximum absolute atomic E-state index is 12.9. The summed E-state index contributed by atoms with van der Waals surface area (Å²) >= 11 is 1.41. The van der Waals surface area contributed by atoms with Gasteiger partial charge in [0.05, 0.1) is 12.4 Å². The fraction of sp³-hybridized carbons (Fsp3) is 0.389. The third-order valence-electron chi connectivity index (χ3n) is 5.41. The molecule has 0 radical (unpaired) electrons. The molecule has 0 amide bonds. The number of pyridine rings is 1. The molecule has 0 bridgehead atoms. The van der Waals surface area contributed by atoms with Gasteiger partial charge >= 0.3 is 6.18 Å². The fourth-order valence-corrected chi connectivity index (χ4v) is 4.51. The number of anilines is 2. The first kappa shape index (κ1) is 18.2. The van der Waals surface area contributed by atoms with Crippen molar-refractivity contribution < 1.29 is 13.2 Å². The van der Waals surface area contributed by atoms with Crippen LogP contribution in [0, 0.1) is 5.41 Å². The van der Waals surface area contributed by atoms with Crippen molar-refractivity contribution in [2.75, 3.05) is 36.0 Å². The molecule has 3 aromatic rings. The molecule has 7 nitrogen and oxygen atoms in total. The van der Waals surface area contributed by atoms with Gasteiger partial charge in [-0.3, -0.25) is 9.97 Å². The number of aromatic nitrogens is 5. The van der Waals surface area contributed by atoms with Gasteiger partial charge in [-0.25, -0.2) is 4.98 Å². The minimum Gasteiger partial charge on any atom is -0.370 e. The van der Waals surface area contributed by atoms with Crippen molar-refractivity contribution in [3.8, 4) is 10.7 Å². The van der Waals surface area contributed by atoms with E-state index >= 15 is 0 Å². The second-order valence-corrected chi connectivity index (χ2v) is 8.26. The average Bonchev–Trinajstić information content (AvgIpc) is 3.37. The summed E-state index contributed by atoms with van der Waals surface area (Å²) in [6.07, 6.45) is 1.16. The molecule has 1 spiro atoms. The van der Waals surface area contributed by atoms with Crippen LogP contribution >= 0.6 is 11.3 Å². The molecule has 0 unspecified atom stereocenters. The topological polar surface area (TPSA) is 70.9 Å². The highest BCUT2D eigenvalue weighted by molar-refractivity contribution is 7.12. The van der Waals surface area contributed by atoms with Crippen molar-refractivity contribution in [1.29, 1.82) is 0 Å². The zero-order valence-corrected chi connectivity index (χ0v) is 16.0. The summed E-state index contributed by atoms with van der Waals surface area (Å²) in [6, 6.07) is 2.75. The van der Waals surface area contributed by atoms with E-state index in [-0.39, 0.29) is 5.41 Å². The standard InChI is InChI=1S/C18H16F3N7S/c19-18(20,21)14-5-12(1-3-23-14)28-9-17(10-28)2-4-27(8-17)15-7-22-6-13(25-15)16-26-24-11-29-16/h1,3,5-7,11H,2,4,8-10H2. The Kier molecular flexibility index (Phi) is 4.16. The Morgan fingerprint density at radius 1 is 1.10 bits per heavy atom. The lowest BCUT2D eigenvalue weighted by Crippen LogP contribution is -2.57. The molecule has 11 heteroatoms. The number of alkyl halides is 3. The van der Waals surface area contributed by atoms with Crippen LogP contribution < -0.4 is 9.80 Å². The molecule has 2 saturated heterocycles. The van der Waals surface area contributed by atoms with Crippen molar-refractivity contribution >= 4 is 22.8 Å². The van der Waals surface area contributed by atoms with Crippen molar-refractivity contribution in [3.05, 3.63) is 41.9 Å². The Hall–Kier alpha value is -2.82. The summed E-state index contributed by atoms with van der Waals surface area (Å²) in [5.74, 6) is 0.788. The largest absolute Gasteiger partial charge is 0.433 e. The van der Waals surface area contributed by atoms with E-state index in [1.807, 2.05) is 4.90 Å². The van der Waals surface area contributed by atoms with E-state index in [1.165, 1.54) is 17.5 Å². The van der Waals surface area contributed by atoms with Crippen LogP contribution in [-0.4, -0.2) is 51.3 Å². The van der Waals surface area contributed by atoms with Gasteiger partial charge in [0.1, 0.15) is 22.7 Å². The third-order valence-corrected chi connectivity index (χ3v) is 6.13. The van der Waals surface area contributed by atoms with Crippen LogP contribution in [0.4, 0.5) is 24.7 Å². The molecule has 0 atom stereocenters. The quantitative estimate of drug-likeness (QED) is 0.646. The molecular weight excluding hydrogens is 403 g/mol. The molecule has 5 rings (SSSR count). The Morgan fingerprint density at radius 3 is 2.69 bits per heavy atom. The molecular formula is C18H16F3N7S. The summed E-state index contributed by atoms with van der Waals surface area (Å²) in [5, 5.41) is 8.59. The Balaban J connectivity index is 1.28. The molecule has 0 N–H and O–H groups in total. The second kappa shape index (κ2) is 6.61. The van der Waals surface area contributed by atoms with Crippen LogP contribution in [0.25, 0.3) is 10.7 Å². The summed E-state index contributed by atoms with van der Waals surface area (Å²) < 4.78 is 38.7. The molecule has 3 aromatic heterocycles. The summed E-state index contributed by atoms with van der Waals surface area (Å²) in [4.78, 5) is 16.5. The number of nitrogens with zero attached hydrogens (tertiary/aromatic N) is 7. The van der Waals surface area contributed by atoms with E-state index in [9.17, 15) is 13.2 Å². The van der Waals surface area contributed by atoms with Crippen molar-refractivity contribution in [3.63, 3.8) is 0 Å². The van der Waals surface area contributed by atoms with Gasteiger partial charge in [-0.05, 0) is 18.6 Å². The first-order valence-electron chi connectivity index (χ1n) is 9.04. The van der Waals surface area contributed by atoms with Crippen LogP contribution in [-0.2, 0) is 6.18 Å². The minimum atomic E-state index is -4.43. The van der Waals surface area contributed by atoms with E-state index < -0.39 is 11.9 Å². The zero-order chi connectivity index (χ0) is 20.1. The Morgan fingerprint density at radius 2 is 1.93 bits per heavy atom. The van der Waals surface area contributed by atoms with Crippen LogP contribution in [0.1, 0.15) is 12.1 Å². The molecule has 2 fully saturated rings. The van der Waals surface area contributed by atoms with Crippen LogP contribution in [0.2, 0.25) is 0 Å². The van der Waals surface area contributed by atoms with E-state index in [0.717, 1.165) is 36.4 Å². The van der Waals surface area contributed by atoms with Crippen LogP contribution in [0.3, 0.4) is 0 Å². The highest BCUT2D eigenvalue weighted by Gasteiger charge is 2.48. The molecule has 2 aliphatic heterocycles. The van der Waals surface area contributed by atoms with Gasteiger partial charge in [-0.15, -0.1) is 10.2 Å². The smallest absolute Gasteiger partial charge is 0.370 e. The second-order valence-electron chi connectivity index (χ2n) is 7.43. The number of hydrogen-bond donors (Lipinski definition) is 0. The highest BCUT2D eigenvalue weighted by atomic mass is 32.1. The lowest BCUT2D eigenvalue weighted by molar-refractivity contribution is -0.141. The third kappa shape index (κ3) is 3.39. The van der Waals surface area contributed by atoms with Gasteiger partial charge < -0.3 is 9.80 Å². The van der Waals surface area contributed by atoms with Gasteiger partial charge in [-0.1, -0.05) is 11.3 Å². The lowest BCUT2D eigenvalue weighted by atomic mass is 9.79. The van der Waals surface area contributed by atoms with Gasteiger partial charge in [0, 0.05) is 43.5 Å². The van der Waals surface area contributed by atoms with Gasteiger partial charge in [-0.2, -0.15) is 13.2 Å². The maximum atomic E-state index is 12.9. The molecule has 0 aromatic carbocycles. The van der Waals surface area contributed by atoms with Crippen molar-refractivity contribution in [2.45, 2.75) is 12.6 Å². The van der Waals surface area contributed by atoms with Gasteiger partial charge in [0.15, 0.2) is 5.01 Å². The zero-order valence-electron chi connectivity index (χ0n) is 15.2. The Labute approximate surface area is 168 Å². The van der Waals surface area contributed by atoms with Crippen molar-refractivity contribution in [2.24, 2.45) is 5.41 Å².